The second kappa shape index (κ2) is 8.40. The number of aromatic nitrogens is 2. The van der Waals surface area contributed by atoms with Gasteiger partial charge in [0.05, 0.1) is 7.11 Å². The number of benzene rings is 1. The van der Waals surface area contributed by atoms with Crippen LogP contribution in [0.2, 0.25) is 5.02 Å². The van der Waals surface area contributed by atoms with Crippen LogP contribution in [0.3, 0.4) is 0 Å². The van der Waals surface area contributed by atoms with Crippen molar-refractivity contribution in [2.75, 3.05) is 18.4 Å². The van der Waals surface area contributed by atoms with Gasteiger partial charge in [-0.05, 0) is 12.1 Å². The molecule has 0 saturated carbocycles. The largest absolute Gasteiger partial charge is 0.479 e. The van der Waals surface area contributed by atoms with Crippen LogP contribution in [-0.2, 0) is 10.0 Å². The summed E-state index contributed by atoms with van der Waals surface area (Å²) in [4.78, 5) is 17.5. The number of nitrogens with zero attached hydrogens (tertiary/aromatic N) is 1. The fourth-order valence-electron chi connectivity index (χ4n) is 2.56. The molecule has 2 N–H and O–H groups in total. The highest BCUT2D eigenvalue weighted by Crippen LogP contribution is 2.31. The van der Waals surface area contributed by atoms with Crippen molar-refractivity contribution in [3.05, 3.63) is 51.7 Å². The predicted molar refractivity (Wildman–Crippen MR) is 103 cm³/mol. The number of methoxy groups -OCH3 is 1. The standard InChI is InChI=1S/C17H13ClF3N3O5S/c1-28-17-12(5-11(19)16(23-17)29-7-14(20)21)24-30(26,27)13-6-22-15(25)10-4-8(18)2-3-9(10)13/h2-6,14,24H,7H2,1H3,(H,22,25). The molecule has 3 rings (SSSR count). The first kappa shape index (κ1) is 21.7. The summed E-state index contributed by atoms with van der Waals surface area (Å²) >= 11 is 5.86. The summed E-state index contributed by atoms with van der Waals surface area (Å²) in [5, 5.41) is 0.320. The third kappa shape index (κ3) is 4.44. The molecular formula is C17H13ClF3N3O5S. The van der Waals surface area contributed by atoms with E-state index in [0.29, 0.717) is 6.07 Å². The van der Waals surface area contributed by atoms with Crippen LogP contribution in [0.5, 0.6) is 11.8 Å². The fraction of sp³-hybridized carbons (Fsp3) is 0.176. The lowest BCUT2D eigenvalue weighted by Gasteiger charge is -2.14. The summed E-state index contributed by atoms with van der Waals surface area (Å²) in [6.45, 7) is -1.11. The number of nitrogens with one attached hydrogen (secondary N) is 2. The molecule has 0 unspecified atom stereocenters. The molecule has 160 valence electrons. The molecule has 8 nitrogen and oxygen atoms in total. The number of aromatic amines is 1. The third-order valence-electron chi connectivity index (χ3n) is 3.81. The lowest BCUT2D eigenvalue weighted by molar-refractivity contribution is 0.0770. The molecule has 0 saturated heterocycles. The maximum atomic E-state index is 14.2. The van der Waals surface area contributed by atoms with Gasteiger partial charge in [-0.1, -0.05) is 17.7 Å². The third-order valence-corrected chi connectivity index (χ3v) is 5.45. The molecule has 13 heteroatoms. The summed E-state index contributed by atoms with van der Waals surface area (Å²) in [6.07, 6.45) is -1.89. The molecule has 0 aliphatic carbocycles. The van der Waals surface area contributed by atoms with Crippen LogP contribution in [0.25, 0.3) is 10.8 Å². The van der Waals surface area contributed by atoms with Gasteiger partial charge in [0.15, 0.2) is 12.4 Å². The molecule has 0 radical (unpaired) electrons. The molecule has 1 aromatic carbocycles. The number of fused-ring (bicyclic) bond motifs is 1. The second-order valence-corrected chi connectivity index (χ2v) is 7.90. The molecule has 2 heterocycles. The van der Waals surface area contributed by atoms with Crippen molar-refractivity contribution in [1.82, 2.24) is 9.97 Å². The topological polar surface area (TPSA) is 110 Å². The van der Waals surface area contributed by atoms with Crippen molar-refractivity contribution in [3.63, 3.8) is 0 Å². The Morgan fingerprint density at radius 2 is 1.97 bits per heavy atom. The lowest BCUT2D eigenvalue weighted by Crippen LogP contribution is -2.18. The van der Waals surface area contributed by atoms with Crippen LogP contribution >= 0.6 is 11.6 Å². The monoisotopic (exact) mass is 463 g/mol. The number of rotatable bonds is 7. The van der Waals surface area contributed by atoms with Gasteiger partial charge in [0.1, 0.15) is 10.6 Å². The van der Waals surface area contributed by atoms with E-state index in [1.54, 1.807) is 0 Å². The SMILES string of the molecule is COc1nc(OCC(F)F)c(F)cc1NS(=O)(=O)c1c[nH]c(=O)c2cc(Cl)ccc12. The van der Waals surface area contributed by atoms with E-state index in [0.717, 1.165) is 13.3 Å². The first-order valence-electron chi connectivity index (χ1n) is 8.11. The Bertz CT molecular complexity index is 1270. The fourth-order valence-corrected chi connectivity index (χ4v) is 3.96. The van der Waals surface area contributed by atoms with Gasteiger partial charge in [0.25, 0.3) is 27.9 Å². The van der Waals surface area contributed by atoms with Crippen molar-refractivity contribution in [2.24, 2.45) is 0 Å². The van der Waals surface area contributed by atoms with Gasteiger partial charge in [0, 0.05) is 28.1 Å². The van der Waals surface area contributed by atoms with Gasteiger partial charge in [-0.15, -0.1) is 0 Å². The molecule has 0 bridgehead atoms. The van der Waals surface area contributed by atoms with Crippen LogP contribution < -0.4 is 19.8 Å². The van der Waals surface area contributed by atoms with Crippen LogP contribution in [0.1, 0.15) is 0 Å². The average molecular weight is 464 g/mol. The first-order chi connectivity index (χ1) is 14.1. The van der Waals surface area contributed by atoms with Gasteiger partial charge < -0.3 is 14.5 Å². The van der Waals surface area contributed by atoms with E-state index in [-0.39, 0.29) is 20.7 Å². The Labute approximate surface area is 172 Å². The van der Waals surface area contributed by atoms with E-state index in [1.165, 1.54) is 18.2 Å². The van der Waals surface area contributed by atoms with Crippen molar-refractivity contribution >= 4 is 38.1 Å². The Hall–Kier alpha value is -2.99. The number of anilines is 1. The van der Waals surface area contributed by atoms with E-state index in [4.69, 9.17) is 16.3 Å². The van der Waals surface area contributed by atoms with Crippen molar-refractivity contribution < 1.29 is 31.1 Å². The van der Waals surface area contributed by atoms with Gasteiger partial charge in [-0.2, -0.15) is 4.98 Å². The van der Waals surface area contributed by atoms with Crippen LogP contribution in [0.4, 0.5) is 18.9 Å². The minimum atomic E-state index is -4.37. The number of hydrogen-bond acceptors (Lipinski definition) is 6. The zero-order chi connectivity index (χ0) is 22.1. The van der Waals surface area contributed by atoms with Crippen molar-refractivity contribution in [2.45, 2.75) is 11.3 Å². The van der Waals surface area contributed by atoms with Crippen molar-refractivity contribution in [3.8, 4) is 11.8 Å². The number of alkyl halides is 2. The molecule has 0 amide bonds. The van der Waals surface area contributed by atoms with E-state index in [2.05, 4.69) is 19.4 Å². The Morgan fingerprint density at radius 1 is 1.23 bits per heavy atom. The highest BCUT2D eigenvalue weighted by atomic mass is 35.5. The number of halogens is 4. The molecule has 0 fully saturated rings. The maximum Gasteiger partial charge on any atom is 0.272 e. The minimum Gasteiger partial charge on any atom is -0.479 e. The van der Waals surface area contributed by atoms with Gasteiger partial charge in [-0.3, -0.25) is 9.52 Å². The van der Waals surface area contributed by atoms with Crippen molar-refractivity contribution in [1.29, 1.82) is 0 Å². The highest BCUT2D eigenvalue weighted by molar-refractivity contribution is 7.93. The second-order valence-electron chi connectivity index (χ2n) is 5.81. The molecule has 30 heavy (non-hydrogen) atoms. The van der Waals surface area contributed by atoms with Gasteiger partial charge in [-0.25, -0.2) is 21.6 Å². The summed E-state index contributed by atoms with van der Waals surface area (Å²) in [6, 6.07) is 4.72. The summed E-state index contributed by atoms with van der Waals surface area (Å²) < 4.78 is 76.0. The zero-order valence-electron chi connectivity index (χ0n) is 15.1. The van der Waals surface area contributed by atoms with Crippen LogP contribution in [0.15, 0.2) is 40.2 Å². The Balaban J connectivity index is 2.04. The van der Waals surface area contributed by atoms with Crippen LogP contribution in [0, 0.1) is 5.82 Å². The number of H-pyrrole nitrogens is 1. The van der Waals surface area contributed by atoms with E-state index < -0.39 is 51.9 Å². The number of ether oxygens (including phenoxy) is 2. The highest BCUT2D eigenvalue weighted by Gasteiger charge is 2.23. The molecular weight excluding hydrogens is 451 g/mol. The average Bonchev–Trinajstić information content (AvgIpc) is 2.67. The molecule has 3 aromatic rings. The summed E-state index contributed by atoms with van der Waals surface area (Å²) in [5.41, 5.74) is -0.968. The molecule has 0 aliphatic heterocycles. The van der Waals surface area contributed by atoms with Gasteiger partial charge >= 0.3 is 0 Å². The predicted octanol–water partition coefficient (Wildman–Crippen LogP) is 3.17. The number of sulfonamides is 1. The van der Waals surface area contributed by atoms with E-state index in [1.807, 2.05) is 0 Å². The molecule has 2 aromatic heterocycles. The summed E-state index contributed by atoms with van der Waals surface area (Å²) in [5.74, 6) is -2.38. The normalized spacial score (nSPS) is 11.7. The maximum absolute atomic E-state index is 14.2. The molecule has 0 aliphatic rings. The smallest absolute Gasteiger partial charge is 0.272 e. The number of hydrogen-bond donors (Lipinski definition) is 2. The summed E-state index contributed by atoms with van der Waals surface area (Å²) in [7, 11) is -3.25. The minimum absolute atomic E-state index is 0.0254. The van der Waals surface area contributed by atoms with E-state index >= 15 is 0 Å². The first-order valence-corrected chi connectivity index (χ1v) is 9.97. The molecule has 0 atom stereocenters. The zero-order valence-corrected chi connectivity index (χ0v) is 16.7. The Kier molecular flexibility index (Phi) is 6.08. The van der Waals surface area contributed by atoms with Crippen LogP contribution in [-0.4, -0.2) is 38.5 Å². The Morgan fingerprint density at radius 3 is 2.63 bits per heavy atom. The van der Waals surface area contributed by atoms with Gasteiger partial charge in [0.2, 0.25) is 5.88 Å². The number of pyridine rings is 2. The lowest BCUT2D eigenvalue weighted by atomic mass is 10.2. The molecule has 0 spiro atoms. The quantitative estimate of drug-likeness (QED) is 0.557. The van der Waals surface area contributed by atoms with E-state index in [9.17, 15) is 26.4 Å².